The molecule has 0 saturated carbocycles. The number of aliphatic hydroxyl groups is 1. The molecule has 0 saturated heterocycles. The van der Waals surface area contributed by atoms with Gasteiger partial charge in [0.1, 0.15) is 6.67 Å². The van der Waals surface area contributed by atoms with Crippen LogP contribution in [0.2, 0.25) is 0 Å². The molecule has 0 aliphatic heterocycles. The second kappa shape index (κ2) is 6.41. The van der Waals surface area contributed by atoms with Crippen molar-refractivity contribution < 1.29 is 9.50 Å². The van der Waals surface area contributed by atoms with E-state index in [0.29, 0.717) is 5.92 Å². The highest BCUT2D eigenvalue weighted by Gasteiger charge is 2.21. The molecule has 74 valence electrons. The van der Waals surface area contributed by atoms with Crippen molar-refractivity contribution >= 4 is 0 Å². The van der Waals surface area contributed by atoms with Gasteiger partial charge in [0.2, 0.25) is 0 Å². The van der Waals surface area contributed by atoms with Crippen molar-refractivity contribution in [3.8, 4) is 0 Å². The van der Waals surface area contributed by atoms with E-state index in [1.165, 1.54) is 0 Å². The highest BCUT2D eigenvalue weighted by molar-refractivity contribution is 4.71. The van der Waals surface area contributed by atoms with Crippen molar-refractivity contribution in [1.82, 2.24) is 0 Å². The lowest BCUT2D eigenvalue weighted by atomic mass is 9.86. The molecule has 1 nitrogen and oxygen atoms in total. The minimum atomic E-state index is -0.753. The molecule has 0 aromatic heterocycles. The molecule has 0 spiro atoms. The third-order valence-corrected chi connectivity index (χ3v) is 2.40. The van der Waals surface area contributed by atoms with Crippen molar-refractivity contribution in [3.05, 3.63) is 0 Å². The zero-order valence-electron chi connectivity index (χ0n) is 8.39. The quantitative estimate of drug-likeness (QED) is 0.659. The highest BCUT2D eigenvalue weighted by Crippen LogP contribution is 2.22. The summed E-state index contributed by atoms with van der Waals surface area (Å²) >= 11 is 0. The molecule has 0 rings (SSSR count). The van der Waals surface area contributed by atoms with Gasteiger partial charge in [0, 0.05) is 0 Å². The van der Waals surface area contributed by atoms with Crippen molar-refractivity contribution in [3.63, 3.8) is 0 Å². The van der Waals surface area contributed by atoms with Crippen LogP contribution in [0.25, 0.3) is 0 Å². The summed E-state index contributed by atoms with van der Waals surface area (Å²) in [5.41, 5.74) is 0. The summed E-state index contributed by atoms with van der Waals surface area (Å²) in [6, 6.07) is 0. The Morgan fingerprint density at radius 3 is 2.25 bits per heavy atom. The van der Waals surface area contributed by atoms with Gasteiger partial charge in [-0.15, -0.1) is 0 Å². The highest BCUT2D eigenvalue weighted by atomic mass is 19.1. The Hall–Kier alpha value is -0.110. The molecule has 0 aromatic rings. The summed E-state index contributed by atoms with van der Waals surface area (Å²) < 4.78 is 12.2. The summed E-state index contributed by atoms with van der Waals surface area (Å²) in [6.45, 7) is 5.59. The predicted octanol–water partition coefficient (Wildman–Crippen LogP) is 2.78. The van der Waals surface area contributed by atoms with Crippen LogP contribution < -0.4 is 0 Å². The van der Waals surface area contributed by atoms with E-state index in [2.05, 4.69) is 6.92 Å². The summed E-state index contributed by atoms with van der Waals surface area (Å²) in [5, 5.41) is 9.34. The van der Waals surface area contributed by atoms with Crippen molar-refractivity contribution in [2.45, 2.75) is 46.1 Å². The Morgan fingerprint density at radius 1 is 1.33 bits per heavy atom. The lowest BCUT2D eigenvalue weighted by molar-refractivity contribution is 0.0525. The van der Waals surface area contributed by atoms with Crippen LogP contribution >= 0.6 is 0 Å². The van der Waals surface area contributed by atoms with Gasteiger partial charge in [-0.1, -0.05) is 33.6 Å². The summed E-state index contributed by atoms with van der Waals surface area (Å²) in [6.07, 6.45) is 2.39. The Balaban J connectivity index is 3.85. The maximum Gasteiger partial charge on any atom is 0.116 e. The molecule has 2 atom stereocenters. The first-order valence-corrected chi connectivity index (χ1v) is 4.87. The van der Waals surface area contributed by atoms with Crippen LogP contribution in [-0.2, 0) is 0 Å². The fourth-order valence-corrected chi connectivity index (χ4v) is 1.52. The molecule has 1 unspecified atom stereocenters. The average molecular weight is 176 g/mol. The molecule has 0 aromatic carbocycles. The molecule has 0 bridgehead atoms. The van der Waals surface area contributed by atoms with E-state index in [9.17, 15) is 9.50 Å². The van der Waals surface area contributed by atoms with E-state index in [1.807, 2.05) is 13.8 Å². The summed E-state index contributed by atoms with van der Waals surface area (Å²) in [7, 11) is 0. The van der Waals surface area contributed by atoms with Gasteiger partial charge in [0.05, 0.1) is 6.10 Å². The standard InChI is InChI=1S/C10H21FO/c1-4-5-6-9(8(2)3)10(12)7-11/h8-10,12H,4-7H2,1-3H3/t9?,10-/m0/s1. The number of alkyl halides is 1. The van der Waals surface area contributed by atoms with E-state index in [4.69, 9.17) is 0 Å². The lowest BCUT2D eigenvalue weighted by Gasteiger charge is -2.24. The second-order valence-electron chi connectivity index (χ2n) is 3.77. The average Bonchev–Trinajstić information content (AvgIpc) is 2.04. The molecular weight excluding hydrogens is 155 g/mol. The van der Waals surface area contributed by atoms with Crippen LogP contribution in [0.5, 0.6) is 0 Å². The normalized spacial score (nSPS) is 16.5. The third-order valence-electron chi connectivity index (χ3n) is 2.40. The van der Waals surface area contributed by atoms with E-state index in [0.717, 1.165) is 19.3 Å². The smallest absolute Gasteiger partial charge is 0.116 e. The molecule has 2 heteroatoms. The second-order valence-corrected chi connectivity index (χ2v) is 3.77. The summed E-state index contributed by atoms with van der Waals surface area (Å²) in [4.78, 5) is 0. The summed E-state index contributed by atoms with van der Waals surface area (Å²) in [5.74, 6) is 0.511. The Labute approximate surface area is 75.0 Å². The first-order chi connectivity index (χ1) is 5.63. The van der Waals surface area contributed by atoms with Gasteiger partial charge in [0.25, 0.3) is 0 Å². The number of unbranched alkanes of at least 4 members (excludes halogenated alkanes) is 1. The fraction of sp³-hybridized carbons (Fsp3) is 1.00. The van der Waals surface area contributed by atoms with Gasteiger partial charge in [0.15, 0.2) is 0 Å². The van der Waals surface area contributed by atoms with Crippen molar-refractivity contribution in [2.75, 3.05) is 6.67 Å². The molecular formula is C10H21FO. The van der Waals surface area contributed by atoms with Crippen molar-refractivity contribution in [2.24, 2.45) is 11.8 Å². The number of aliphatic hydroxyl groups excluding tert-OH is 1. The van der Waals surface area contributed by atoms with Crippen LogP contribution in [0.3, 0.4) is 0 Å². The number of halogens is 1. The number of hydrogen-bond donors (Lipinski definition) is 1. The van der Waals surface area contributed by atoms with Gasteiger partial charge in [-0.25, -0.2) is 4.39 Å². The van der Waals surface area contributed by atoms with E-state index >= 15 is 0 Å². The van der Waals surface area contributed by atoms with Crippen LogP contribution in [0.1, 0.15) is 40.0 Å². The van der Waals surface area contributed by atoms with Gasteiger partial charge < -0.3 is 5.11 Å². The SMILES string of the molecule is CCCCC(C(C)C)[C@@H](O)CF. The maximum absolute atomic E-state index is 12.2. The van der Waals surface area contributed by atoms with Crippen LogP contribution in [0.4, 0.5) is 4.39 Å². The van der Waals surface area contributed by atoms with E-state index in [-0.39, 0.29) is 5.92 Å². The first-order valence-electron chi connectivity index (χ1n) is 4.87. The Kier molecular flexibility index (Phi) is 6.35. The van der Waals surface area contributed by atoms with Crippen molar-refractivity contribution in [1.29, 1.82) is 0 Å². The molecule has 0 heterocycles. The maximum atomic E-state index is 12.2. The Morgan fingerprint density at radius 2 is 1.92 bits per heavy atom. The fourth-order valence-electron chi connectivity index (χ4n) is 1.52. The molecule has 0 radical (unpaired) electrons. The van der Waals surface area contributed by atoms with Gasteiger partial charge >= 0.3 is 0 Å². The lowest BCUT2D eigenvalue weighted by Crippen LogP contribution is -2.26. The minimum Gasteiger partial charge on any atom is -0.390 e. The molecule has 0 amide bonds. The Bertz CT molecular complexity index is 104. The third kappa shape index (κ3) is 4.05. The monoisotopic (exact) mass is 176 g/mol. The van der Waals surface area contributed by atoms with Gasteiger partial charge in [-0.3, -0.25) is 0 Å². The van der Waals surface area contributed by atoms with Gasteiger partial charge in [-0.2, -0.15) is 0 Å². The van der Waals surface area contributed by atoms with Crippen LogP contribution in [-0.4, -0.2) is 17.9 Å². The first kappa shape index (κ1) is 11.9. The topological polar surface area (TPSA) is 20.2 Å². The number of rotatable bonds is 6. The van der Waals surface area contributed by atoms with E-state index < -0.39 is 12.8 Å². The van der Waals surface area contributed by atoms with Gasteiger partial charge in [-0.05, 0) is 18.3 Å². The minimum absolute atomic E-state index is 0.134. The molecule has 0 fully saturated rings. The molecule has 0 aliphatic rings. The van der Waals surface area contributed by atoms with Crippen LogP contribution in [0.15, 0.2) is 0 Å². The predicted molar refractivity (Wildman–Crippen MR) is 49.8 cm³/mol. The number of hydrogen-bond acceptors (Lipinski definition) is 1. The van der Waals surface area contributed by atoms with Crippen LogP contribution in [0, 0.1) is 11.8 Å². The molecule has 0 aliphatic carbocycles. The molecule has 12 heavy (non-hydrogen) atoms. The molecule has 1 N–H and O–H groups in total. The largest absolute Gasteiger partial charge is 0.390 e. The zero-order valence-corrected chi connectivity index (χ0v) is 8.39. The zero-order chi connectivity index (χ0) is 9.56. The van der Waals surface area contributed by atoms with E-state index in [1.54, 1.807) is 0 Å².